The molecule has 0 unspecified atom stereocenters. The average molecular weight is 295 g/mol. The molecule has 2 aromatic rings. The summed E-state index contributed by atoms with van der Waals surface area (Å²) in [6.45, 7) is 5.11. The number of H-pyrrole nitrogens is 1. The predicted octanol–water partition coefficient (Wildman–Crippen LogP) is 2.66. The van der Waals surface area contributed by atoms with E-state index in [9.17, 15) is 9.59 Å². The Morgan fingerprint density at radius 3 is 2.68 bits per heavy atom. The van der Waals surface area contributed by atoms with Crippen LogP contribution in [0, 0.1) is 13.8 Å². The fourth-order valence-corrected chi connectivity index (χ4v) is 3.34. The summed E-state index contributed by atoms with van der Waals surface area (Å²) in [5.41, 5.74) is 4.23. The molecule has 0 bridgehead atoms. The van der Waals surface area contributed by atoms with Gasteiger partial charge in [-0.25, -0.2) is 0 Å². The van der Waals surface area contributed by atoms with Crippen molar-refractivity contribution in [3.8, 4) is 0 Å². The van der Waals surface area contributed by atoms with Crippen molar-refractivity contribution in [3.63, 3.8) is 0 Å². The molecule has 0 aliphatic rings. The lowest BCUT2D eigenvalue weighted by Gasteiger charge is -1.99. The van der Waals surface area contributed by atoms with E-state index in [4.69, 9.17) is 0 Å². The van der Waals surface area contributed by atoms with Gasteiger partial charge >= 0.3 is 0 Å². The summed E-state index contributed by atoms with van der Waals surface area (Å²) in [5.74, 6) is 0.225. The highest BCUT2D eigenvalue weighted by Crippen LogP contribution is 2.23. The predicted molar refractivity (Wildman–Crippen MR) is 75.2 cm³/mol. The number of hydrogen-bond acceptors (Lipinski definition) is 6. The minimum Gasteiger partial charge on any atom is -0.355 e. The summed E-state index contributed by atoms with van der Waals surface area (Å²) in [7, 11) is 0. The van der Waals surface area contributed by atoms with E-state index in [0.717, 1.165) is 15.6 Å². The monoisotopic (exact) mass is 295 g/mol. The molecule has 0 aliphatic heterocycles. The SMILES string of the molecule is CC(=O)c1c(C)[nH]c(C(=O)CSc2nncs2)c1C. The van der Waals surface area contributed by atoms with Crippen molar-refractivity contribution < 1.29 is 9.59 Å². The van der Waals surface area contributed by atoms with Crippen LogP contribution in [-0.4, -0.2) is 32.5 Å². The van der Waals surface area contributed by atoms with Crippen LogP contribution in [0.15, 0.2) is 9.85 Å². The summed E-state index contributed by atoms with van der Waals surface area (Å²) < 4.78 is 0.765. The number of hydrogen-bond donors (Lipinski definition) is 1. The van der Waals surface area contributed by atoms with Gasteiger partial charge in [-0.2, -0.15) is 0 Å². The van der Waals surface area contributed by atoms with Crippen LogP contribution in [0.25, 0.3) is 0 Å². The van der Waals surface area contributed by atoms with Crippen LogP contribution in [0.2, 0.25) is 0 Å². The van der Waals surface area contributed by atoms with Crippen LogP contribution in [0.4, 0.5) is 0 Å². The average Bonchev–Trinajstić information content (AvgIpc) is 2.94. The summed E-state index contributed by atoms with van der Waals surface area (Å²) >= 11 is 2.75. The Kier molecular flexibility index (Phi) is 4.16. The molecule has 19 heavy (non-hydrogen) atoms. The first-order valence-corrected chi connectivity index (χ1v) is 7.49. The van der Waals surface area contributed by atoms with E-state index in [2.05, 4.69) is 15.2 Å². The van der Waals surface area contributed by atoms with Crippen LogP contribution in [0.1, 0.15) is 39.0 Å². The zero-order chi connectivity index (χ0) is 14.0. The van der Waals surface area contributed by atoms with Crippen molar-refractivity contribution in [2.45, 2.75) is 25.1 Å². The zero-order valence-corrected chi connectivity index (χ0v) is 12.4. The molecule has 5 nitrogen and oxygen atoms in total. The van der Waals surface area contributed by atoms with E-state index in [1.807, 2.05) is 0 Å². The quantitative estimate of drug-likeness (QED) is 0.678. The molecule has 2 aromatic heterocycles. The van der Waals surface area contributed by atoms with E-state index >= 15 is 0 Å². The second-order valence-electron chi connectivity index (χ2n) is 4.10. The van der Waals surface area contributed by atoms with E-state index in [0.29, 0.717) is 11.3 Å². The number of aryl methyl sites for hydroxylation is 1. The number of nitrogens with zero attached hydrogens (tertiary/aromatic N) is 2. The number of thioether (sulfide) groups is 1. The van der Waals surface area contributed by atoms with Gasteiger partial charge in [-0.05, 0) is 26.3 Å². The number of carbonyl (C=O) groups excluding carboxylic acids is 2. The Morgan fingerprint density at radius 1 is 1.42 bits per heavy atom. The minimum absolute atomic E-state index is 0.0259. The number of carbonyl (C=O) groups is 2. The van der Waals surface area contributed by atoms with Crippen LogP contribution in [0.3, 0.4) is 0 Å². The van der Waals surface area contributed by atoms with Crippen molar-refractivity contribution in [3.05, 3.63) is 28.0 Å². The second-order valence-corrected chi connectivity index (χ2v) is 6.15. The van der Waals surface area contributed by atoms with E-state index in [1.54, 1.807) is 19.4 Å². The van der Waals surface area contributed by atoms with Gasteiger partial charge in [0.1, 0.15) is 5.51 Å². The molecule has 0 aromatic carbocycles. The van der Waals surface area contributed by atoms with Gasteiger partial charge in [0.05, 0.1) is 11.4 Å². The third-order valence-electron chi connectivity index (χ3n) is 2.74. The number of aromatic amines is 1. The Bertz CT molecular complexity index is 617. The molecule has 0 spiro atoms. The van der Waals surface area contributed by atoms with E-state index in [1.165, 1.54) is 30.0 Å². The van der Waals surface area contributed by atoms with Gasteiger partial charge in [-0.15, -0.1) is 10.2 Å². The van der Waals surface area contributed by atoms with Crippen LogP contribution < -0.4 is 0 Å². The maximum atomic E-state index is 12.1. The lowest BCUT2D eigenvalue weighted by atomic mass is 10.1. The Labute approximate surface area is 118 Å². The van der Waals surface area contributed by atoms with Crippen LogP contribution in [0.5, 0.6) is 0 Å². The first-order chi connectivity index (χ1) is 9.00. The highest BCUT2D eigenvalue weighted by molar-refractivity contribution is 8.01. The Morgan fingerprint density at radius 2 is 2.16 bits per heavy atom. The number of aromatic nitrogens is 3. The molecule has 0 saturated heterocycles. The lowest BCUT2D eigenvalue weighted by molar-refractivity contribution is 0.101. The molecule has 7 heteroatoms. The summed E-state index contributed by atoms with van der Waals surface area (Å²) in [6, 6.07) is 0. The third kappa shape index (κ3) is 2.93. The van der Waals surface area contributed by atoms with Crippen molar-refractivity contribution in [2.24, 2.45) is 0 Å². The van der Waals surface area contributed by atoms with Gasteiger partial charge < -0.3 is 4.98 Å². The molecule has 2 heterocycles. The van der Waals surface area contributed by atoms with Gasteiger partial charge in [0.15, 0.2) is 15.9 Å². The van der Waals surface area contributed by atoms with Gasteiger partial charge in [0.2, 0.25) is 0 Å². The molecule has 0 fully saturated rings. The molecule has 0 amide bonds. The molecule has 100 valence electrons. The standard InChI is InChI=1S/C12H13N3O2S2/c1-6-10(8(3)16)7(2)14-11(6)9(17)4-18-12-15-13-5-19-12/h5,14H,4H2,1-3H3. The summed E-state index contributed by atoms with van der Waals surface area (Å²) in [5, 5.41) is 7.59. The molecule has 1 N–H and O–H groups in total. The highest BCUT2D eigenvalue weighted by Gasteiger charge is 2.19. The maximum absolute atomic E-state index is 12.1. The van der Waals surface area contributed by atoms with Crippen molar-refractivity contribution in [1.29, 1.82) is 0 Å². The number of rotatable bonds is 5. The van der Waals surface area contributed by atoms with Crippen molar-refractivity contribution >= 4 is 34.7 Å². The molecule has 0 aliphatic carbocycles. The fourth-order valence-electron chi connectivity index (χ4n) is 1.98. The fraction of sp³-hybridized carbons (Fsp3) is 0.333. The first-order valence-electron chi connectivity index (χ1n) is 5.63. The number of Topliss-reactive ketones (excluding diaryl/α,β-unsaturated/α-hetero) is 2. The van der Waals surface area contributed by atoms with Gasteiger partial charge in [-0.3, -0.25) is 9.59 Å². The second kappa shape index (κ2) is 5.66. The third-order valence-corrected chi connectivity index (χ3v) is 4.60. The maximum Gasteiger partial charge on any atom is 0.189 e. The lowest BCUT2D eigenvalue weighted by Crippen LogP contribution is -2.05. The van der Waals surface area contributed by atoms with E-state index < -0.39 is 0 Å². The molecule has 0 radical (unpaired) electrons. The highest BCUT2D eigenvalue weighted by atomic mass is 32.2. The molecular formula is C12H13N3O2S2. The van der Waals surface area contributed by atoms with Gasteiger partial charge in [-0.1, -0.05) is 23.1 Å². The van der Waals surface area contributed by atoms with Gasteiger partial charge in [0, 0.05) is 11.3 Å². The number of nitrogens with one attached hydrogen (secondary N) is 1. The zero-order valence-electron chi connectivity index (χ0n) is 10.8. The normalized spacial score (nSPS) is 10.7. The molecular weight excluding hydrogens is 282 g/mol. The topological polar surface area (TPSA) is 75.7 Å². The van der Waals surface area contributed by atoms with Crippen LogP contribution in [-0.2, 0) is 0 Å². The van der Waals surface area contributed by atoms with Crippen LogP contribution >= 0.6 is 23.1 Å². The Hall–Kier alpha value is -1.47. The van der Waals surface area contributed by atoms with Crippen molar-refractivity contribution in [2.75, 3.05) is 5.75 Å². The first kappa shape index (κ1) is 14.0. The minimum atomic E-state index is -0.0340. The molecule has 0 atom stereocenters. The molecule has 0 saturated carbocycles. The summed E-state index contributed by atoms with van der Waals surface area (Å²) in [6.07, 6.45) is 0. The Balaban J connectivity index is 2.15. The number of ketones is 2. The summed E-state index contributed by atoms with van der Waals surface area (Å²) in [4.78, 5) is 26.7. The largest absolute Gasteiger partial charge is 0.355 e. The van der Waals surface area contributed by atoms with E-state index in [-0.39, 0.29) is 17.3 Å². The van der Waals surface area contributed by atoms with Gasteiger partial charge in [0.25, 0.3) is 0 Å². The van der Waals surface area contributed by atoms with Crippen molar-refractivity contribution in [1.82, 2.24) is 15.2 Å². The molecule has 2 rings (SSSR count). The smallest absolute Gasteiger partial charge is 0.189 e.